The number of rotatable bonds is 6. The average Bonchev–Trinajstić information content (AvgIpc) is 3.41. The topological polar surface area (TPSA) is 75.4 Å². The highest BCUT2D eigenvalue weighted by Crippen LogP contribution is 2.34. The van der Waals surface area contributed by atoms with E-state index in [0.717, 1.165) is 75.5 Å². The predicted octanol–water partition coefficient (Wildman–Crippen LogP) is 3.82. The minimum absolute atomic E-state index is 0.148. The van der Waals surface area contributed by atoms with Crippen LogP contribution in [0.3, 0.4) is 0 Å². The van der Waals surface area contributed by atoms with Gasteiger partial charge in [0.05, 0.1) is 0 Å². The third-order valence-electron chi connectivity index (χ3n) is 6.69. The first-order valence-electron chi connectivity index (χ1n) is 11.1. The molecule has 2 amide bonds. The van der Waals surface area contributed by atoms with Gasteiger partial charge < -0.3 is 16.0 Å². The summed E-state index contributed by atoms with van der Waals surface area (Å²) in [6, 6.07) is 8.64. The third kappa shape index (κ3) is 4.75. The Balaban J connectivity index is 1.38. The molecule has 5 heteroatoms. The van der Waals surface area contributed by atoms with Crippen LogP contribution in [0.5, 0.6) is 0 Å². The highest BCUT2D eigenvalue weighted by Gasteiger charge is 2.37. The number of nitrogens with two attached hydrogens (primary N) is 1. The third-order valence-corrected chi connectivity index (χ3v) is 6.69. The Hall–Kier alpha value is -1.88. The second-order valence-electron chi connectivity index (χ2n) is 8.98. The number of anilines is 1. The van der Waals surface area contributed by atoms with Crippen LogP contribution < -0.4 is 11.1 Å². The Morgan fingerprint density at radius 3 is 2.14 bits per heavy atom. The standard InChI is InChI=1S/C23H33N3O2/c24-19-9-13-21(14-10-19)26(23(28)18-7-8-18)15-16-5-11-20(12-6-16)25-22(27)17-3-1-2-4-17/h5-6,11-12,17-19,21H,1-4,7-10,13-15,24H2,(H,25,27). The van der Waals surface area contributed by atoms with Crippen LogP contribution in [0.1, 0.15) is 69.8 Å². The van der Waals surface area contributed by atoms with E-state index in [2.05, 4.69) is 10.2 Å². The van der Waals surface area contributed by atoms with Gasteiger partial charge in [0, 0.05) is 36.2 Å². The Morgan fingerprint density at radius 2 is 1.54 bits per heavy atom. The summed E-state index contributed by atoms with van der Waals surface area (Å²) in [6.45, 7) is 0.659. The molecule has 1 aromatic rings. The molecule has 4 rings (SSSR count). The fourth-order valence-corrected chi connectivity index (χ4v) is 4.69. The largest absolute Gasteiger partial charge is 0.335 e. The predicted molar refractivity (Wildman–Crippen MR) is 111 cm³/mol. The molecule has 152 valence electrons. The van der Waals surface area contributed by atoms with Crippen LogP contribution in [-0.4, -0.2) is 28.8 Å². The van der Waals surface area contributed by atoms with E-state index in [9.17, 15) is 9.59 Å². The van der Waals surface area contributed by atoms with Gasteiger partial charge in [-0.05, 0) is 69.1 Å². The van der Waals surface area contributed by atoms with Gasteiger partial charge in [-0.25, -0.2) is 0 Å². The molecular formula is C23H33N3O2. The van der Waals surface area contributed by atoms with E-state index in [0.29, 0.717) is 18.5 Å². The van der Waals surface area contributed by atoms with Crippen LogP contribution in [0.25, 0.3) is 0 Å². The molecule has 5 nitrogen and oxygen atoms in total. The van der Waals surface area contributed by atoms with Crippen molar-refractivity contribution in [3.05, 3.63) is 29.8 Å². The molecule has 0 heterocycles. The molecular weight excluding hydrogens is 350 g/mol. The van der Waals surface area contributed by atoms with E-state index in [1.54, 1.807) is 0 Å². The van der Waals surface area contributed by atoms with Crippen LogP contribution >= 0.6 is 0 Å². The number of nitrogens with zero attached hydrogens (tertiary/aromatic N) is 1. The lowest BCUT2D eigenvalue weighted by atomic mass is 9.90. The summed E-state index contributed by atoms with van der Waals surface area (Å²) in [6.07, 6.45) is 10.4. The van der Waals surface area contributed by atoms with Crippen molar-refractivity contribution >= 4 is 17.5 Å². The average molecular weight is 384 g/mol. The molecule has 1 aromatic carbocycles. The molecule has 0 spiro atoms. The number of carbonyl (C=O) groups excluding carboxylic acids is 2. The zero-order valence-corrected chi connectivity index (χ0v) is 16.7. The highest BCUT2D eigenvalue weighted by molar-refractivity contribution is 5.92. The lowest BCUT2D eigenvalue weighted by Crippen LogP contribution is -2.44. The summed E-state index contributed by atoms with van der Waals surface area (Å²) >= 11 is 0. The molecule has 3 aliphatic carbocycles. The van der Waals surface area contributed by atoms with Gasteiger partial charge in [0.2, 0.25) is 11.8 Å². The number of hydrogen-bond acceptors (Lipinski definition) is 3. The lowest BCUT2D eigenvalue weighted by Gasteiger charge is -2.36. The summed E-state index contributed by atoms with van der Waals surface area (Å²) in [5.41, 5.74) is 8.04. The summed E-state index contributed by atoms with van der Waals surface area (Å²) in [7, 11) is 0. The first-order chi connectivity index (χ1) is 13.6. The molecule has 0 radical (unpaired) electrons. The van der Waals surface area contributed by atoms with Crippen LogP contribution in [0.2, 0.25) is 0 Å². The number of carbonyl (C=O) groups is 2. The Labute approximate surface area is 168 Å². The first kappa shape index (κ1) is 19.4. The SMILES string of the molecule is NC1CCC(N(Cc2ccc(NC(=O)C3CCCC3)cc2)C(=O)C2CC2)CC1. The number of hydrogen-bond donors (Lipinski definition) is 2. The van der Waals surface area contributed by atoms with Crippen molar-refractivity contribution in [3.63, 3.8) is 0 Å². The molecule has 0 aliphatic heterocycles. The van der Waals surface area contributed by atoms with Crippen molar-refractivity contribution < 1.29 is 9.59 Å². The minimum atomic E-state index is 0.148. The van der Waals surface area contributed by atoms with Crippen molar-refractivity contribution in [1.29, 1.82) is 0 Å². The van der Waals surface area contributed by atoms with Crippen molar-refractivity contribution in [2.45, 2.75) is 82.8 Å². The van der Waals surface area contributed by atoms with Crippen LogP contribution in [0.15, 0.2) is 24.3 Å². The Morgan fingerprint density at radius 1 is 0.893 bits per heavy atom. The van der Waals surface area contributed by atoms with Crippen LogP contribution in [0, 0.1) is 11.8 Å². The molecule has 28 heavy (non-hydrogen) atoms. The maximum Gasteiger partial charge on any atom is 0.227 e. The van der Waals surface area contributed by atoms with Crippen LogP contribution in [-0.2, 0) is 16.1 Å². The highest BCUT2D eigenvalue weighted by atomic mass is 16.2. The van der Waals surface area contributed by atoms with Gasteiger partial charge in [0.25, 0.3) is 0 Å². The summed E-state index contributed by atoms with van der Waals surface area (Å²) < 4.78 is 0. The fraction of sp³-hybridized carbons (Fsp3) is 0.652. The molecule has 3 saturated carbocycles. The van der Waals surface area contributed by atoms with E-state index in [-0.39, 0.29) is 23.8 Å². The van der Waals surface area contributed by atoms with Gasteiger partial charge in [-0.1, -0.05) is 25.0 Å². The van der Waals surface area contributed by atoms with E-state index in [4.69, 9.17) is 5.73 Å². The molecule has 0 unspecified atom stereocenters. The van der Waals surface area contributed by atoms with Crippen molar-refractivity contribution in [3.8, 4) is 0 Å². The van der Waals surface area contributed by atoms with Gasteiger partial charge >= 0.3 is 0 Å². The second-order valence-corrected chi connectivity index (χ2v) is 8.98. The van der Waals surface area contributed by atoms with Crippen molar-refractivity contribution in [1.82, 2.24) is 4.90 Å². The van der Waals surface area contributed by atoms with Crippen molar-refractivity contribution in [2.24, 2.45) is 17.6 Å². The normalized spacial score (nSPS) is 25.5. The fourth-order valence-electron chi connectivity index (χ4n) is 4.69. The summed E-state index contributed by atoms with van der Waals surface area (Å²) in [4.78, 5) is 27.3. The molecule has 0 aromatic heterocycles. The molecule has 3 N–H and O–H groups in total. The Kier molecular flexibility index (Phi) is 6.00. The van der Waals surface area contributed by atoms with Gasteiger partial charge in [-0.15, -0.1) is 0 Å². The van der Waals surface area contributed by atoms with Gasteiger partial charge in [-0.3, -0.25) is 9.59 Å². The zero-order chi connectivity index (χ0) is 19.5. The maximum absolute atomic E-state index is 12.9. The summed E-state index contributed by atoms with van der Waals surface area (Å²) in [5.74, 6) is 0.873. The van der Waals surface area contributed by atoms with E-state index >= 15 is 0 Å². The Bertz CT molecular complexity index is 684. The molecule has 0 saturated heterocycles. The molecule has 3 fully saturated rings. The summed E-state index contributed by atoms with van der Waals surface area (Å²) in [5, 5.41) is 3.05. The van der Waals surface area contributed by atoms with Gasteiger partial charge in [0.15, 0.2) is 0 Å². The smallest absolute Gasteiger partial charge is 0.227 e. The van der Waals surface area contributed by atoms with Gasteiger partial charge in [-0.2, -0.15) is 0 Å². The lowest BCUT2D eigenvalue weighted by molar-refractivity contribution is -0.136. The first-order valence-corrected chi connectivity index (χ1v) is 11.1. The van der Waals surface area contributed by atoms with Gasteiger partial charge in [0.1, 0.15) is 0 Å². The van der Waals surface area contributed by atoms with E-state index in [1.807, 2.05) is 24.3 Å². The maximum atomic E-state index is 12.9. The van der Waals surface area contributed by atoms with Crippen LogP contribution in [0.4, 0.5) is 5.69 Å². The molecule has 0 bridgehead atoms. The van der Waals surface area contributed by atoms with E-state index in [1.165, 1.54) is 0 Å². The number of nitrogens with one attached hydrogen (secondary N) is 1. The quantitative estimate of drug-likeness (QED) is 0.784. The monoisotopic (exact) mass is 383 g/mol. The zero-order valence-electron chi connectivity index (χ0n) is 16.7. The second kappa shape index (κ2) is 8.64. The minimum Gasteiger partial charge on any atom is -0.335 e. The molecule has 0 atom stereocenters. The number of benzene rings is 1. The molecule has 3 aliphatic rings. The van der Waals surface area contributed by atoms with Crippen molar-refractivity contribution in [2.75, 3.05) is 5.32 Å². The number of amides is 2. The van der Waals surface area contributed by atoms with E-state index < -0.39 is 0 Å².